The Morgan fingerprint density at radius 2 is 2.12 bits per heavy atom. The third-order valence-corrected chi connectivity index (χ3v) is 5.01. The summed E-state index contributed by atoms with van der Waals surface area (Å²) >= 11 is 0. The van der Waals surface area contributed by atoms with E-state index in [2.05, 4.69) is 10.6 Å². The smallest absolute Gasteiger partial charge is 0.315 e. The molecule has 2 aliphatic rings. The number of esters is 1. The first-order valence-corrected chi connectivity index (χ1v) is 9.86. The van der Waals surface area contributed by atoms with Gasteiger partial charge >= 0.3 is 5.97 Å². The van der Waals surface area contributed by atoms with Gasteiger partial charge in [-0.25, -0.2) is 0 Å². The molecule has 0 aromatic heterocycles. The van der Waals surface area contributed by atoms with Gasteiger partial charge in [-0.15, -0.1) is 0 Å². The largest absolute Gasteiger partial charge is 0.494 e. The van der Waals surface area contributed by atoms with Gasteiger partial charge in [-0.1, -0.05) is 0 Å². The minimum absolute atomic E-state index is 0.175. The number of piperidine rings is 1. The highest BCUT2D eigenvalue weighted by Gasteiger charge is 2.32. The number of rotatable bonds is 6. The Kier molecular flexibility index (Phi) is 6.07. The van der Waals surface area contributed by atoms with Crippen LogP contribution in [-0.2, 0) is 9.53 Å². The fourth-order valence-corrected chi connectivity index (χ4v) is 3.72. The molecule has 1 aromatic rings. The zero-order valence-electron chi connectivity index (χ0n) is 16.3. The van der Waals surface area contributed by atoms with Crippen LogP contribution in [0.15, 0.2) is 18.2 Å². The van der Waals surface area contributed by atoms with Crippen molar-refractivity contribution in [3.05, 3.63) is 23.8 Å². The average molecular weight is 360 g/mol. The zero-order valence-corrected chi connectivity index (χ0v) is 16.3. The second kappa shape index (κ2) is 8.30. The first-order chi connectivity index (χ1) is 12.4. The van der Waals surface area contributed by atoms with Gasteiger partial charge in [-0.2, -0.15) is 0 Å². The molecule has 26 heavy (non-hydrogen) atoms. The van der Waals surface area contributed by atoms with Crippen LogP contribution < -0.4 is 15.4 Å². The summed E-state index contributed by atoms with van der Waals surface area (Å²) in [7, 11) is 0. The van der Waals surface area contributed by atoms with Crippen molar-refractivity contribution in [1.29, 1.82) is 0 Å². The fourth-order valence-electron chi connectivity index (χ4n) is 3.72. The quantitative estimate of drug-likeness (QED) is 0.598. The van der Waals surface area contributed by atoms with Gasteiger partial charge in [0.25, 0.3) is 0 Å². The lowest BCUT2D eigenvalue weighted by Crippen LogP contribution is -2.29. The van der Waals surface area contributed by atoms with Gasteiger partial charge in [-0.05, 0) is 89.2 Å². The average Bonchev–Trinajstić information content (AvgIpc) is 3.01. The Balaban J connectivity index is 1.52. The molecule has 2 heterocycles. The Bertz CT molecular complexity index is 618. The maximum Gasteiger partial charge on any atom is 0.315 e. The van der Waals surface area contributed by atoms with Crippen molar-refractivity contribution >= 4 is 11.7 Å². The van der Waals surface area contributed by atoms with E-state index in [0.29, 0.717) is 6.54 Å². The predicted octanol–water partition coefficient (Wildman–Crippen LogP) is 3.70. The zero-order chi connectivity index (χ0) is 18.6. The number of carbonyl (C=O) groups excluding carboxylic acids is 1. The number of hydrogen-bond acceptors (Lipinski definition) is 5. The lowest BCUT2D eigenvalue weighted by atomic mass is 9.95. The van der Waals surface area contributed by atoms with E-state index in [-0.39, 0.29) is 11.9 Å². The molecule has 0 spiro atoms. The first-order valence-electron chi connectivity index (χ1n) is 9.86. The summed E-state index contributed by atoms with van der Waals surface area (Å²) in [4.78, 5) is 12.5. The van der Waals surface area contributed by atoms with Crippen LogP contribution in [0.4, 0.5) is 5.69 Å². The molecule has 2 aliphatic heterocycles. The summed E-state index contributed by atoms with van der Waals surface area (Å²) in [5, 5.41) is 6.75. The van der Waals surface area contributed by atoms with Crippen molar-refractivity contribution in [2.75, 3.05) is 31.6 Å². The number of carbonyl (C=O) groups is 1. The number of fused-ring (bicyclic) bond motifs is 1. The van der Waals surface area contributed by atoms with E-state index in [1.54, 1.807) is 0 Å². The second-order valence-electron chi connectivity index (χ2n) is 8.42. The number of anilines is 1. The first kappa shape index (κ1) is 19.0. The lowest BCUT2D eigenvalue weighted by molar-refractivity contribution is -0.156. The van der Waals surface area contributed by atoms with Crippen LogP contribution in [0.5, 0.6) is 5.75 Å². The van der Waals surface area contributed by atoms with E-state index < -0.39 is 5.60 Å². The summed E-state index contributed by atoms with van der Waals surface area (Å²) in [5.41, 5.74) is 1.51. The van der Waals surface area contributed by atoms with E-state index in [0.717, 1.165) is 49.0 Å². The lowest BCUT2D eigenvalue weighted by Gasteiger charge is -2.22. The normalized spacial score (nSPS) is 22.4. The molecule has 0 aliphatic carbocycles. The molecule has 1 saturated heterocycles. The van der Waals surface area contributed by atoms with Crippen LogP contribution in [-0.4, -0.2) is 37.8 Å². The Labute approximate surface area is 156 Å². The van der Waals surface area contributed by atoms with Gasteiger partial charge in [0.05, 0.1) is 6.61 Å². The number of ether oxygens (including phenoxy) is 2. The van der Waals surface area contributed by atoms with E-state index in [1.165, 1.54) is 19.3 Å². The van der Waals surface area contributed by atoms with E-state index in [9.17, 15) is 4.79 Å². The van der Waals surface area contributed by atoms with Crippen LogP contribution in [0.3, 0.4) is 0 Å². The van der Waals surface area contributed by atoms with Crippen molar-refractivity contribution in [1.82, 2.24) is 5.32 Å². The SMILES string of the molecule is CC(C)(C)OC(=O)C1CNc2ccc(OCCCC3CCCNC3)cc21. The Morgan fingerprint density at radius 3 is 2.85 bits per heavy atom. The van der Waals surface area contributed by atoms with Crippen LogP contribution >= 0.6 is 0 Å². The summed E-state index contributed by atoms with van der Waals surface area (Å²) in [6, 6.07) is 5.97. The molecule has 0 bridgehead atoms. The third kappa shape index (κ3) is 5.13. The molecule has 1 fully saturated rings. The van der Waals surface area contributed by atoms with Crippen molar-refractivity contribution in [2.45, 2.75) is 58.0 Å². The maximum atomic E-state index is 12.5. The van der Waals surface area contributed by atoms with Gasteiger partial charge in [-0.3, -0.25) is 4.79 Å². The van der Waals surface area contributed by atoms with Crippen LogP contribution in [0.1, 0.15) is 57.9 Å². The number of nitrogens with one attached hydrogen (secondary N) is 2. The topological polar surface area (TPSA) is 59.6 Å². The van der Waals surface area contributed by atoms with Crippen LogP contribution in [0, 0.1) is 5.92 Å². The molecule has 0 radical (unpaired) electrons. The molecule has 2 atom stereocenters. The molecule has 5 heteroatoms. The summed E-state index contributed by atoms with van der Waals surface area (Å²) in [6.07, 6.45) is 4.89. The van der Waals surface area contributed by atoms with E-state index in [1.807, 2.05) is 39.0 Å². The summed E-state index contributed by atoms with van der Waals surface area (Å²) in [5.74, 6) is 1.18. The number of benzene rings is 1. The number of hydrogen-bond donors (Lipinski definition) is 2. The molecular formula is C21H32N2O3. The third-order valence-electron chi connectivity index (χ3n) is 5.01. The molecule has 2 N–H and O–H groups in total. The highest BCUT2D eigenvalue weighted by atomic mass is 16.6. The highest BCUT2D eigenvalue weighted by Crippen LogP contribution is 2.36. The second-order valence-corrected chi connectivity index (χ2v) is 8.42. The van der Waals surface area contributed by atoms with Crippen LogP contribution in [0.2, 0.25) is 0 Å². The van der Waals surface area contributed by atoms with Crippen molar-refractivity contribution in [2.24, 2.45) is 5.92 Å². The van der Waals surface area contributed by atoms with Gasteiger partial charge in [0.1, 0.15) is 17.3 Å². The highest BCUT2D eigenvalue weighted by molar-refractivity contribution is 5.84. The molecule has 144 valence electrons. The van der Waals surface area contributed by atoms with E-state index >= 15 is 0 Å². The standard InChI is InChI=1S/C21H32N2O3/c1-21(2,3)26-20(24)18-14-23-19-9-8-16(12-17(18)19)25-11-5-7-15-6-4-10-22-13-15/h8-9,12,15,18,22-23H,4-7,10-11,13-14H2,1-3H3. The van der Waals surface area contributed by atoms with Crippen molar-refractivity contribution < 1.29 is 14.3 Å². The predicted molar refractivity (Wildman–Crippen MR) is 104 cm³/mol. The van der Waals surface area contributed by atoms with Crippen molar-refractivity contribution in [3.8, 4) is 5.75 Å². The minimum atomic E-state index is -0.470. The molecule has 0 amide bonds. The van der Waals surface area contributed by atoms with E-state index in [4.69, 9.17) is 9.47 Å². The molecule has 5 nitrogen and oxygen atoms in total. The molecule has 0 saturated carbocycles. The molecular weight excluding hydrogens is 328 g/mol. The molecule has 3 rings (SSSR count). The Hall–Kier alpha value is -1.75. The summed E-state index contributed by atoms with van der Waals surface area (Å²) < 4.78 is 11.5. The Morgan fingerprint density at radius 1 is 1.27 bits per heavy atom. The van der Waals surface area contributed by atoms with Crippen LogP contribution in [0.25, 0.3) is 0 Å². The fraction of sp³-hybridized carbons (Fsp3) is 0.667. The van der Waals surface area contributed by atoms with Gasteiger partial charge in [0, 0.05) is 12.2 Å². The monoisotopic (exact) mass is 360 g/mol. The molecule has 2 unspecified atom stereocenters. The minimum Gasteiger partial charge on any atom is -0.494 e. The maximum absolute atomic E-state index is 12.5. The van der Waals surface area contributed by atoms with Gasteiger partial charge in [0.15, 0.2) is 0 Å². The van der Waals surface area contributed by atoms with Crippen molar-refractivity contribution in [3.63, 3.8) is 0 Å². The van der Waals surface area contributed by atoms with Gasteiger partial charge < -0.3 is 20.1 Å². The summed E-state index contributed by atoms with van der Waals surface area (Å²) in [6.45, 7) is 9.31. The molecule has 1 aromatic carbocycles. The van der Waals surface area contributed by atoms with Gasteiger partial charge in [0.2, 0.25) is 0 Å².